The molecule has 9 heteroatoms. The number of hydrogen-bond acceptors (Lipinski definition) is 4. The zero-order chi connectivity index (χ0) is 24.2. The molecule has 0 bridgehead atoms. The number of imide groups is 1. The van der Waals surface area contributed by atoms with Crippen LogP contribution in [0.25, 0.3) is 10.8 Å². The van der Waals surface area contributed by atoms with Crippen LogP contribution in [-0.2, 0) is 0 Å². The van der Waals surface area contributed by atoms with Crippen LogP contribution in [0.15, 0.2) is 72.8 Å². The number of rotatable bonds is 5. The van der Waals surface area contributed by atoms with Crippen LogP contribution in [0.4, 0.5) is 10.5 Å². The van der Waals surface area contributed by atoms with Crippen LogP contribution in [-0.4, -0.2) is 19.0 Å². The van der Waals surface area contributed by atoms with Crippen molar-refractivity contribution >= 4 is 63.2 Å². The molecule has 0 saturated carbocycles. The highest BCUT2D eigenvalue weighted by molar-refractivity contribution is 6.38. The second-order valence-corrected chi connectivity index (χ2v) is 8.29. The summed E-state index contributed by atoms with van der Waals surface area (Å²) in [5.74, 6) is 0.810. The Labute approximate surface area is 210 Å². The minimum atomic E-state index is -0.771. The third kappa shape index (κ3) is 5.04. The van der Waals surface area contributed by atoms with Crippen molar-refractivity contribution in [3.8, 4) is 17.2 Å². The van der Waals surface area contributed by atoms with Gasteiger partial charge in [0, 0.05) is 16.5 Å². The summed E-state index contributed by atoms with van der Waals surface area (Å²) in [6, 6.07) is 19.7. The maximum Gasteiger partial charge on any atom is 0.326 e. The SMILES string of the molecule is COc1ccc(Oc2c(Cl)cc(NC(=O)NC(=O)c3ccccc3Cl)cc2Cl)c2ccccc12. The van der Waals surface area contributed by atoms with E-state index < -0.39 is 11.9 Å². The number of carbonyl (C=O) groups is 2. The molecule has 34 heavy (non-hydrogen) atoms. The van der Waals surface area contributed by atoms with E-state index in [1.165, 1.54) is 18.2 Å². The molecule has 0 aliphatic rings. The molecular weight excluding hydrogens is 499 g/mol. The molecule has 0 aromatic heterocycles. The summed E-state index contributed by atoms with van der Waals surface area (Å²) in [5.41, 5.74) is 0.442. The lowest BCUT2D eigenvalue weighted by Gasteiger charge is -2.15. The molecule has 4 aromatic rings. The van der Waals surface area contributed by atoms with Gasteiger partial charge >= 0.3 is 6.03 Å². The molecule has 4 aromatic carbocycles. The quantitative estimate of drug-likeness (QED) is 0.287. The zero-order valence-corrected chi connectivity index (χ0v) is 20.0. The molecular formula is C25H17Cl3N2O4. The molecule has 0 atom stereocenters. The van der Waals surface area contributed by atoms with E-state index in [1.54, 1.807) is 37.4 Å². The lowest BCUT2D eigenvalue weighted by molar-refractivity contribution is 0.0967. The number of ether oxygens (including phenoxy) is 2. The summed E-state index contributed by atoms with van der Waals surface area (Å²) < 4.78 is 11.4. The van der Waals surface area contributed by atoms with E-state index >= 15 is 0 Å². The second kappa shape index (κ2) is 10.2. The van der Waals surface area contributed by atoms with Crippen LogP contribution < -0.4 is 20.1 Å². The molecule has 0 unspecified atom stereocenters. The van der Waals surface area contributed by atoms with Crippen LogP contribution in [0.1, 0.15) is 10.4 Å². The lowest BCUT2D eigenvalue weighted by atomic mass is 10.1. The maximum absolute atomic E-state index is 12.3. The predicted octanol–water partition coefficient (Wildman–Crippen LogP) is 7.56. The topological polar surface area (TPSA) is 76.7 Å². The van der Waals surface area contributed by atoms with Crippen molar-refractivity contribution in [2.75, 3.05) is 12.4 Å². The Balaban J connectivity index is 1.53. The highest BCUT2D eigenvalue weighted by Gasteiger charge is 2.17. The van der Waals surface area contributed by atoms with Crippen molar-refractivity contribution in [2.24, 2.45) is 0 Å². The average molecular weight is 516 g/mol. The summed E-state index contributed by atoms with van der Waals surface area (Å²) in [5, 5.41) is 6.98. The van der Waals surface area contributed by atoms with E-state index in [9.17, 15) is 9.59 Å². The Kier molecular flexibility index (Phi) is 7.12. The van der Waals surface area contributed by atoms with Gasteiger partial charge in [0.1, 0.15) is 11.5 Å². The first kappa shape index (κ1) is 23.7. The van der Waals surface area contributed by atoms with Crippen LogP contribution in [0.5, 0.6) is 17.2 Å². The van der Waals surface area contributed by atoms with Crippen LogP contribution in [0.3, 0.4) is 0 Å². The summed E-state index contributed by atoms with van der Waals surface area (Å²) in [4.78, 5) is 24.6. The Bertz CT molecular complexity index is 1390. The molecule has 6 nitrogen and oxygen atoms in total. The number of amides is 3. The van der Waals surface area contributed by atoms with E-state index in [1.807, 2.05) is 24.3 Å². The standard InChI is InChI=1S/C25H17Cl3N2O4/c1-33-21-10-11-22(16-7-3-2-6-15(16)21)34-23-19(27)12-14(13-20(23)28)29-25(32)30-24(31)17-8-4-5-9-18(17)26/h2-13H,1H3,(H2,29,30,31,32). The van der Waals surface area contributed by atoms with E-state index in [-0.39, 0.29) is 32.1 Å². The zero-order valence-electron chi connectivity index (χ0n) is 17.7. The average Bonchev–Trinajstić information content (AvgIpc) is 2.81. The third-order valence-electron chi connectivity index (χ3n) is 4.88. The molecule has 0 spiro atoms. The smallest absolute Gasteiger partial charge is 0.326 e. The van der Waals surface area contributed by atoms with Crippen molar-refractivity contribution in [1.82, 2.24) is 5.32 Å². The first-order valence-corrected chi connectivity index (χ1v) is 11.1. The van der Waals surface area contributed by atoms with Crippen molar-refractivity contribution in [3.63, 3.8) is 0 Å². The van der Waals surface area contributed by atoms with E-state index in [0.29, 0.717) is 11.5 Å². The molecule has 3 amide bonds. The molecule has 0 fully saturated rings. The van der Waals surface area contributed by atoms with Gasteiger partial charge in [-0.25, -0.2) is 4.79 Å². The fraction of sp³-hybridized carbons (Fsp3) is 0.0400. The summed E-state index contributed by atoms with van der Waals surface area (Å²) >= 11 is 18.8. The number of nitrogens with one attached hydrogen (secondary N) is 2. The summed E-state index contributed by atoms with van der Waals surface area (Å²) in [7, 11) is 1.60. The lowest BCUT2D eigenvalue weighted by Crippen LogP contribution is -2.34. The van der Waals surface area contributed by atoms with E-state index in [2.05, 4.69) is 10.6 Å². The fourth-order valence-electron chi connectivity index (χ4n) is 3.33. The van der Waals surface area contributed by atoms with Gasteiger partial charge in [-0.15, -0.1) is 0 Å². The van der Waals surface area contributed by atoms with Crippen molar-refractivity contribution in [3.05, 3.63) is 93.4 Å². The summed E-state index contributed by atoms with van der Waals surface area (Å²) in [6.45, 7) is 0. The summed E-state index contributed by atoms with van der Waals surface area (Å²) in [6.07, 6.45) is 0. The van der Waals surface area contributed by atoms with Gasteiger partial charge in [0.15, 0.2) is 5.75 Å². The van der Waals surface area contributed by atoms with Gasteiger partial charge < -0.3 is 14.8 Å². The Morgan fingerprint density at radius 1 is 0.765 bits per heavy atom. The molecule has 0 saturated heterocycles. The molecule has 0 heterocycles. The fourth-order valence-corrected chi connectivity index (χ4v) is 4.11. The van der Waals surface area contributed by atoms with Gasteiger partial charge in [-0.3, -0.25) is 10.1 Å². The number of carbonyl (C=O) groups excluding carboxylic acids is 2. The largest absolute Gasteiger partial charge is 0.496 e. The van der Waals surface area contributed by atoms with Gasteiger partial charge in [0.05, 0.1) is 27.7 Å². The van der Waals surface area contributed by atoms with Gasteiger partial charge in [-0.05, 0) is 36.4 Å². The van der Waals surface area contributed by atoms with Gasteiger partial charge in [0.2, 0.25) is 0 Å². The second-order valence-electron chi connectivity index (χ2n) is 7.07. The number of urea groups is 1. The van der Waals surface area contributed by atoms with Gasteiger partial charge in [-0.2, -0.15) is 0 Å². The monoisotopic (exact) mass is 514 g/mol. The van der Waals surface area contributed by atoms with Crippen molar-refractivity contribution in [1.29, 1.82) is 0 Å². The Hall–Kier alpha value is -3.45. The number of methoxy groups -OCH3 is 1. The molecule has 0 aliphatic carbocycles. The number of anilines is 1. The first-order valence-electron chi connectivity index (χ1n) is 9.97. The van der Waals surface area contributed by atoms with Crippen LogP contribution >= 0.6 is 34.8 Å². The Morgan fingerprint density at radius 2 is 1.35 bits per heavy atom. The highest BCUT2D eigenvalue weighted by Crippen LogP contribution is 2.42. The number of fused-ring (bicyclic) bond motifs is 1. The first-order chi connectivity index (χ1) is 16.4. The number of benzene rings is 4. The molecule has 172 valence electrons. The minimum absolute atomic E-state index is 0.167. The minimum Gasteiger partial charge on any atom is -0.496 e. The normalized spacial score (nSPS) is 10.6. The van der Waals surface area contributed by atoms with Crippen molar-refractivity contribution < 1.29 is 19.1 Å². The third-order valence-corrected chi connectivity index (χ3v) is 5.77. The van der Waals surface area contributed by atoms with E-state index in [4.69, 9.17) is 44.3 Å². The molecule has 0 radical (unpaired) electrons. The van der Waals surface area contributed by atoms with Gasteiger partial charge in [-0.1, -0.05) is 71.2 Å². The highest BCUT2D eigenvalue weighted by atomic mass is 35.5. The van der Waals surface area contributed by atoms with E-state index in [0.717, 1.165) is 10.8 Å². The van der Waals surface area contributed by atoms with Crippen LogP contribution in [0, 0.1) is 0 Å². The van der Waals surface area contributed by atoms with Crippen molar-refractivity contribution in [2.45, 2.75) is 0 Å². The van der Waals surface area contributed by atoms with Gasteiger partial charge in [0.25, 0.3) is 5.91 Å². The number of hydrogen-bond donors (Lipinski definition) is 2. The Morgan fingerprint density at radius 3 is 2.00 bits per heavy atom. The maximum atomic E-state index is 12.3. The molecule has 4 rings (SSSR count). The number of halogens is 3. The predicted molar refractivity (Wildman–Crippen MR) is 135 cm³/mol. The van der Waals surface area contributed by atoms with Crippen LogP contribution in [0.2, 0.25) is 15.1 Å². The molecule has 0 aliphatic heterocycles. The molecule has 2 N–H and O–H groups in total.